The zero-order chi connectivity index (χ0) is 17.2. The van der Waals surface area contributed by atoms with E-state index in [1.165, 1.54) is 4.90 Å². The Kier molecular flexibility index (Phi) is 4.69. The van der Waals surface area contributed by atoms with Crippen molar-refractivity contribution in [1.82, 2.24) is 19.4 Å². The largest absolute Gasteiger partial charge is 0.465 e. The smallest absolute Gasteiger partial charge is 0.407 e. The molecule has 1 aliphatic heterocycles. The number of carboxylic acid groups (broad SMARTS) is 1. The minimum atomic E-state index is -0.870. The third kappa shape index (κ3) is 3.49. The lowest BCUT2D eigenvalue weighted by atomic mass is 10.2. The lowest BCUT2D eigenvalue weighted by molar-refractivity contribution is 0.102. The summed E-state index contributed by atoms with van der Waals surface area (Å²) in [6.07, 6.45) is 2.63. The molecule has 1 aliphatic rings. The highest BCUT2D eigenvalue weighted by Gasteiger charge is 2.38. The van der Waals surface area contributed by atoms with Crippen LogP contribution in [0.3, 0.4) is 0 Å². The van der Waals surface area contributed by atoms with Gasteiger partial charge in [0, 0.05) is 12.3 Å². The van der Waals surface area contributed by atoms with Crippen LogP contribution in [-0.2, 0) is 6.54 Å². The maximum absolute atomic E-state index is 11.2. The van der Waals surface area contributed by atoms with Crippen molar-refractivity contribution in [1.29, 1.82) is 0 Å². The minimum absolute atomic E-state index is 0.478. The van der Waals surface area contributed by atoms with E-state index < -0.39 is 6.09 Å². The Balaban J connectivity index is 1.90. The maximum Gasteiger partial charge on any atom is 0.407 e. The van der Waals surface area contributed by atoms with E-state index in [0.717, 1.165) is 17.1 Å². The van der Waals surface area contributed by atoms with Crippen LogP contribution < -0.4 is 4.48 Å². The minimum Gasteiger partial charge on any atom is -0.465 e. The number of nitrogens with zero attached hydrogens (tertiary/aromatic N) is 4. The molecule has 2 aromatic rings. The molecule has 1 N–H and O–H groups in total. The van der Waals surface area contributed by atoms with Crippen LogP contribution in [0, 0.1) is 6.92 Å². The number of carbonyl (C=O) groups is 1. The van der Waals surface area contributed by atoms with Crippen molar-refractivity contribution in [2.24, 2.45) is 0 Å². The Morgan fingerprint density at radius 2 is 1.96 bits per heavy atom. The van der Waals surface area contributed by atoms with Gasteiger partial charge in [0.2, 0.25) is 5.82 Å². The molecular weight excluding hydrogens is 328 g/mol. The van der Waals surface area contributed by atoms with Crippen LogP contribution in [0.5, 0.6) is 0 Å². The van der Waals surface area contributed by atoms with Gasteiger partial charge in [0.25, 0.3) is 0 Å². The molecule has 0 spiro atoms. The van der Waals surface area contributed by atoms with E-state index in [2.05, 4.69) is 9.97 Å². The van der Waals surface area contributed by atoms with Crippen LogP contribution in [0.25, 0.3) is 0 Å². The van der Waals surface area contributed by atoms with Crippen molar-refractivity contribution in [2.75, 3.05) is 26.2 Å². The van der Waals surface area contributed by atoms with Crippen LogP contribution in [0.4, 0.5) is 10.6 Å². The van der Waals surface area contributed by atoms with Gasteiger partial charge < -0.3 is 5.11 Å². The molecule has 126 valence electrons. The van der Waals surface area contributed by atoms with Gasteiger partial charge in [-0.15, -0.1) is 0 Å². The Morgan fingerprint density at radius 3 is 2.50 bits per heavy atom. The summed E-state index contributed by atoms with van der Waals surface area (Å²) in [7, 11) is 0. The number of aromatic nitrogens is 2. The van der Waals surface area contributed by atoms with Gasteiger partial charge >= 0.3 is 6.09 Å². The Morgan fingerprint density at radius 1 is 1.21 bits per heavy atom. The number of rotatable bonds is 3. The molecule has 0 saturated carbocycles. The summed E-state index contributed by atoms with van der Waals surface area (Å²) < 4.78 is 0.580. The van der Waals surface area contributed by atoms with E-state index in [4.69, 9.17) is 11.6 Å². The molecule has 3 heterocycles. The summed E-state index contributed by atoms with van der Waals surface area (Å²) in [5, 5.41) is 9.80. The SMILES string of the molecule is Cc1ccc(C[N+]2(c3ccc(Cl)cn3)CCN(C(=O)O)CC2)nc1. The lowest BCUT2D eigenvalue weighted by Gasteiger charge is -2.42. The van der Waals surface area contributed by atoms with E-state index in [-0.39, 0.29) is 0 Å². The van der Waals surface area contributed by atoms with Crippen LogP contribution >= 0.6 is 11.6 Å². The number of hydrogen-bond donors (Lipinski definition) is 1. The van der Waals surface area contributed by atoms with Crippen LogP contribution in [0.2, 0.25) is 5.02 Å². The molecule has 0 aromatic carbocycles. The van der Waals surface area contributed by atoms with E-state index >= 15 is 0 Å². The first-order chi connectivity index (χ1) is 11.5. The molecule has 6 nitrogen and oxygen atoms in total. The molecule has 0 bridgehead atoms. The second kappa shape index (κ2) is 6.75. The Labute approximate surface area is 145 Å². The topological polar surface area (TPSA) is 66.3 Å². The van der Waals surface area contributed by atoms with Gasteiger partial charge in [0.1, 0.15) is 19.6 Å². The van der Waals surface area contributed by atoms with E-state index in [1.807, 2.05) is 37.4 Å². The van der Waals surface area contributed by atoms with Crippen LogP contribution in [0.1, 0.15) is 11.3 Å². The first-order valence-electron chi connectivity index (χ1n) is 7.86. The average molecular weight is 348 g/mol. The summed E-state index contributed by atoms with van der Waals surface area (Å²) in [5.41, 5.74) is 2.09. The summed E-state index contributed by atoms with van der Waals surface area (Å²) in [4.78, 5) is 21.7. The normalized spacial score (nSPS) is 16.8. The van der Waals surface area contributed by atoms with Gasteiger partial charge in [-0.2, -0.15) is 0 Å². The number of quaternary nitrogens is 1. The third-order valence-corrected chi connectivity index (χ3v) is 4.73. The highest BCUT2D eigenvalue weighted by molar-refractivity contribution is 6.30. The Hall–Kier alpha value is -2.18. The molecule has 0 radical (unpaired) electrons. The molecule has 2 aromatic heterocycles. The van der Waals surface area contributed by atoms with Gasteiger partial charge in [0.15, 0.2) is 0 Å². The highest BCUT2D eigenvalue weighted by Crippen LogP contribution is 2.27. The second-order valence-electron chi connectivity index (χ2n) is 6.18. The van der Waals surface area contributed by atoms with E-state index in [9.17, 15) is 9.90 Å². The fraction of sp³-hybridized carbons (Fsp3) is 0.353. The van der Waals surface area contributed by atoms with E-state index in [1.54, 1.807) is 6.20 Å². The second-order valence-corrected chi connectivity index (χ2v) is 6.62. The zero-order valence-corrected chi connectivity index (χ0v) is 14.3. The van der Waals surface area contributed by atoms with Crippen molar-refractivity contribution in [3.05, 3.63) is 52.9 Å². The van der Waals surface area contributed by atoms with Gasteiger partial charge in [-0.3, -0.25) is 14.4 Å². The van der Waals surface area contributed by atoms with Gasteiger partial charge in [0.05, 0.1) is 30.0 Å². The standard InChI is InChI=1S/C17H19ClN4O2/c1-13-2-4-15(19-10-13)12-22(16-5-3-14(18)11-20-16)8-6-21(7-9-22)17(23)24/h2-5,10-11H,6-9,12H2,1H3/p+1. The Bertz CT molecular complexity index is 710. The zero-order valence-electron chi connectivity index (χ0n) is 13.5. The molecule has 0 aliphatic carbocycles. The third-order valence-electron chi connectivity index (χ3n) is 4.50. The molecule has 1 saturated heterocycles. The van der Waals surface area contributed by atoms with Crippen molar-refractivity contribution in [2.45, 2.75) is 13.5 Å². The first-order valence-corrected chi connectivity index (χ1v) is 8.24. The summed E-state index contributed by atoms with van der Waals surface area (Å²) in [5.74, 6) is 0.895. The maximum atomic E-state index is 11.2. The molecule has 24 heavy (non-hydrogen) atoms. The number of hydrogen-bond acceptors (Lipinski definition) is 3. The average Bonchev–Trinajstić information content (AvgIpc) is 2.58. The predicted molar refractivity (Wildman–Crippen MR) is 93.1 cm³/mol. The van der Waals surface area contributed by atoms with Crippen molar-refractivity contribution in [3.63, 3.8) is 0 Å². The summed E-state index contributed by atoms with van der Waals surface area (Å²) >= 11 is 5.97. The van der Waals surface area contributed by atoms with Crippen LogP contribution in [-0.4, -0.2) is 52.2 Å². The highest BCUT2D eigenvalue weighted by atomic mass is 35.5. The van der Waals surface area contributed by atoms with Crippen LogP contribution in [0.15, 0.2) is 36.7 Å². The van der Waals surface area contributed by atoms with Crippen molar-refractivity contribution < 1.29 is 9.90 Å². The predicted octanol–water partition coefficient (Wildman–Crippen LogP) is 2.94. The molecule has 1 fully saturated rings. The monoisotopic (exact) mass is 347 g/mol. The summed E-state index contributed by atoms with van der Waals surface area (Å²) in [6.45, 7) is 4.97. The molecular formula is C17H20ClN4O2+. The van der Waals surface area contributed by atoms with E-state index in [0.29, 0.717) is 42.2 Å². The molecule has 7 heteroatoms. The molecule has 3 rings (SSSR count). The fourth-order valence-corrected chi connectivity index (χ4v) is 3.17. The van der Waals surface area contributed by atoms with Crippen molar-refractivity contribution >= 4 is 23.5 Å². The number of amides is 1. The summed E-state index contributed by atoms with van der Waals surface area (Å²) in [6, 6.07) is 7.82. The van der Waals surface area contributed by atoms with Crippen molar-refractivity contribution in [3.8, 4) is 0 Å². The lowest BCUT2D eigenvalue weighted by Crippen LogP contribution is -2.61. The number of halogens is 1. The fourth-order valence-electron chi connectivity index (χ4n) is 3.06. The first kappa shape index (κ1) is 16.7. The van der Waals surface area contributed by atoms with Gasteiger partial charge in [-0.05, 0) is 24.6 Å². The molecule has 0 unspecified atom stereocenters. The van der Waals surface area contributed by atoms with Gasteiger partial charge in [-0.25, -0.2) is 9.78 Å². The number of aryl methyl sites for hydroxylation is 1. The molecule has 1 amide bonds. The number of pyridine rings is 2. The quantitative estimate of drug-likeness (QED) is 0.867. The number of piperazine rings is 1. The van der Waals surface area contributed by atoms with Gasteiger partial charge in [-0.1, -0.05) is 17.7 Å². The molecule has 0 atom stereocenters.